The average molecular weight is 278 g/mol. The number of rotatable bonds is 5. The molecule has 1 aliphatic heterocycles. The van der Waals surface area contributed by atoms with E-state index in [-0.39, 0.29) is 12.7 Å². The Kier molecular flexibility index (Phi) is 4.18. The van der Waals surface area contributed by atoms with Crippen molar-refractivity contribution < 1.29 is 14.3 Å². The minimum Gasteiger partial charge on any atom is -0.454 e. The van der Waals surface area contributed by atoms with Crippen molar-refractivity contribution in [2.45, 2.75) is 39.3 Å². The van der Waals surface area contributed by atoms with Crippen LogP contribution in [-0.4, -0.2) is 29.7 Å². The zero-order valence-electron chi connectivity index (χ0n) is 12.3. The molecule has 2 rings (SSSR count). The first kappa shape index (κ1) is 14.7. The van der Waals surface area contributed by atoms with Crippen LogP contribution in [0.5, 0.6) is 11.5 Å². The smallest absolute Gasteiger partial charge is 0.231 e. The van der Waals surface area contributed by atoms with Gasteiger partial charge >= 0.3 is 0 Å². The molecule has 1 heterocycles. The van der Waals surface area contributed by atoms with Crippen molar-refractivity contribution in [3.63, 3.8) is 0 Å². The molecule has 5 nitrogen and oxygen atoms in total. The predicted molar refractivity (Wildman–Crippen MR) is 76.5 cm³/mol. The molecule has 0 saturated heterocycles. The third-order valence-electron chi connectivity index (χ3n) is 3.15. The molecule has 110 valence electrons. The van der Waals surface area contributed by atoms with Gasteiger partial charge in [-0.3, -0.25) is 4.79 Å². The molecule has 0 aliphatic carbocycles. The van der Waals surface area contributed by atoms with E-state index in [1.54, 1.807) is 4.90 Å². The number of nitrogens with two attached hydrogens (primary N) is 1. The fraction of sp³-hybridized carbons (Fsp3) is 0.533. The Bertz CT molecular complexity index is 494. The van der Waals surface area contributed by atoms with E-state index in [0.717, 1.165) is 17.1 Å². The molecule has 0 bridgehead atoms. The number of carbonyl (C=O) groups excluding carboxylic acids is 1. The fourth-order valence-electron chi connectivity index (χ4n) is 2.14. The van der Waals surface area contributed by atoms with Crippen molar-refractivity contribution in [1.29, 1.82) is 0 Å². The second-order valence-electron chi connectivity index (χ2n) is 5.76. The monoisotopic (exact) mass is 278 g/mol. The van der Waals surface area contributed by atoms with E-state index >= 15 is 0 Å². The minimum atomic E-state index is -0.487. The van der Waals surface area contributed by atoms with Crippen LogP contribution in [0.15, 0.2) is 18.2 Å². The fourth-order valence-corrected chi connectivity index (χ4v) is 2.14. The zero-order valence-corrected chi connectivity index (χ0v) is 12.3. The molecule has 1 aromatic rings. The summed E-state index contributed by atoms with van der Waals surface area (Å²) < 4.78 is 10.6. The lowest BCUT2D eigenvalue weighted by Crippen LogP contribution is -2.40. The number of benzene rings is 1. The largest absolute Gasteiger partial charge is 0.454 e. The predicted octanol–water partition coefficient (Wildman–Crippen LogP) is 1.89. The van der Waals surface area contributed by atoms with E-state index < -0.39 is 5.54 Å². The highest BCUT2D eigenvalue weighted by atomic mass is 16.7. The van der Waals surface area contributed by atoms with Gasteiger partial charge in [-0.05, 0) is 38.5 Å². The van der Waals surface area contributed by atoms with Crippen molar-refractivity contribution >= 4 is 5.91 Å². The Morgan fingerprint density at radius 1 is 1.35 bits per heavy atom. The van der Waals surface area contributed by atoms with Crippen LogP contribution >= 0.6 is 0 Å². The SMILES string of the molecule is CCN(Cc1ccc2c(c1)OCO2)C(=O)CC(C)(C)N. The molecule has 0 spiro atoms. The summed E-state index contributed by atoms with van der Waals surface area (Å²) in [4.78, 5) is 14.0. The summed E-state index contributed by atoms with van der Waals surface area (Å²) in [5.41, 5.74) is 6.45. The van der Waals surface area contributed by atoms with Crippen LogP contribution in [0.25, 0.3) is 0 Å². The maximum Gasteiger partial charge on any atom is 0.231 e. The van der Waals surface area contributed by atoms with Crippen molar-refractivity contribution in [2.24, 2.45) is 5.73 Å². The van der Waals surface area contributed by atoms with Crippen LogP contribution in [0.3, 0.4) is 0 Å². The lowest BCUT2D eigenvalue weighted by atomic mass is 10.0. The van der Waals surface area contributed by atoms with Crippen LogP contribution in [0, 0.1) is 0 Å². The van der Waals surface area contributed by atoms with E-state index in [1.165, 1.54) is 0 Å². The van der Waals surface area contributed by atoms with Gasteiger partial charge in [0.2, 0.25) is 12.7 Å². The molecule has 0 radical (unpaired) electrons. The van der Waals surface area contributed by atoms with Gasteiger partial charge in [0.1, 0.15) is 0 Å². The van der Waals surface area contributed by atoms with Gasteiger partial charge in [-0.15, -0.1) is 0 Å². The third-order valence-corrected chi connectivity index (χ3v) is 3.15. The maximum atomic E-state index is 12.2. The summed E-state index contributed by atoms with van der Waals surface area (Å²) in [5.74, 6) is 1.56. The molecular weight excluding hydrogens is 256 g/mol. The van der Waals surface area contributed by atoms with Gasteiger partial charge in [0.05, 0.1) is 0 Å². The van der Waals surface area contributed by atoms with E-state index in [2.05, 4.69) is 0 Å². The van der Waals surface area contributed by atoms with Gasteiger partial charge in [-0.25, -0.2) is 0 Å². The number of amides is 1. The number of carbonyl (C=O) groups is 1. The summed E-state index contributed by atoms with van der Waals surface area (Å²) in [6.07, 6.45) is 0.339. The Morgan fingerprint density at radius 2 is 2.05 bits per heavy atom. The van der Waals surface area contributed by atoms with Gasteiger partial charge in [-0.2, -0.15) is 0 Å². The van der Waals surface area contributed by atoms with Crippen molar-refractivity contribution in [3.05, 3.63) is 23.8 Å². The van der Waals surface area contributed by atoms with Gasteiger partial charge in [0.25, 0.3) is 0 Å². The van der Waals surface area contributed by atoms with Crippen LogP contribution in [0.4, 0.5) is 0 Å². The highest BCUT2D eigenvalue weighted by molar-refractivity contribution is 5.77. The summed E-state index contributed by atoms with van der Waals surface area (Å²) >= 11 is 0. The molecule has 1 aliphatic rings. The van der Waals surface area contributed by atoms with Gasteiger partial charge < -0.3 is 20.1 Å². The first-order valence-corrected chi connectivity index (χ1v) is 6.84. The molecule has 0 atom stereocenters. The van der Waals surface area contributed by atoms with E-state index in [1.807, 2.05) is 39.0 Å². The summed E-state index contributed by atoms with van der Waals surface area (Å²) in [7, 11) is 0. The van der Waals surface area contributed by atoms with Crippen molar-refractivity contribution in [1.82, 2.24) is 4.90 Å². The second kappa shape index (κ2) is 5.71. The van der Waals surface area contributed by atoms with Gasteiger partial charge in [0, 0.05) is 25.0 Å². The number of ether oxygens (including phenoxy) is 2. The summed E-state index contributed by atoms with van der Waals surface area (Å²) in [6.45, 7) is 7.16. The Morgan fingerprint density at radius 3 is 2.70 bits per heavy atom. The van der Waals surface area contributed by atoms with E-state index in [0.29, 0.717) is 19.5 Å². The van der Waals surface area contributed by atoms with Gasteiger partial charge in [-0.1, -0.05) is 6.07 Å². The lowest BCUT2D eigenvalue weighted by molar-refractivity contribution is -0.132. The topological polar surface area (TPSA) is 64.8 Å². The normalized spacial score (nSPS) is 13.4. The van der Waals surface area contributed by atoms with Crippen molar-refractivity contribution in [2.75, 3.05) is 13.3 Å². The average Bonchev–Trinajstić information content (AvgIpc) is 2.80. The molecule has 20 heavy (non-hydrogen) atoms. The Balaban J connectivity index is 2.04. The third kappa shape index (κ3) is 3.63. The quantitative estimate of drug-likeness (QED) is 0.893. The number of nitrogens with zero attached hydrogens (tertiary/aromatic N) is 1. The van der Waals surface area contributed by atoms with Crippen LogP contribution in [-0.2, 0) is 11.3 Å². The minimum absolute atomic E-state index is 0.0673. The Hall–Kier alpha value is -1.75. The van der Waals surface area contributed by atoms with E-state index in [9.17, 15) is 4.79 Å². The standard InChI is InChI=1S/C15H22N2O3/c1-4-17(14(18)8-15(2,3)16)9-11-5-6-12-13(7-11)20-10-19-12/h5-7H,4,8-10,16H2,1-3H3. The molecule has 2 N–H and O–H groups in total. The van der Waals surface area contributed by atoms with Gasteiger partial charge in [0.15, 0.2) is 11.5 Å². The number of hydrogen-bond donors (Lipinski definition) is 1. The first-order chi connectivity index (χ1) is 9.39. The number of hydrogen-bond acceptors (Lipinski definition) is 4. The van der Waals surface area contributed by atoms with Crippen LogP contribution in [0.2, 0.25) is 0 Å². The molecule has 1 amide bonds. The van der Waals surface area contributed by atoms with Crippen LogP contribution < -0.4 is 15.2 Å². The molecule has 0 unspecified atom stereocenters. The zero-order chi connectivity index (χ0) is 14.8. The molecule has 5 heteroatoms. The molecule has 0 aromatic heterocycles. The first-order valence-electron chi connectivity index (χ1n) is 6.84. The Labute approximate surface area is 119 Å². The number of fused-ring (bicyclic) bond motifs is 1. The van der Waals surface area contributed by atoms with Crippen molar-refractivity contribution in [3.8, 4) is 11.5 Å². The molecule has 0 saturated carbocycles. The second-order valence-corrected chi connectivity index (χ2v) is 5.76. The lowest BCUT2D eigenvalue weighted by Gasteiger charge is -2.25. The maximum absolute atomic E-state index is 12.2. The van der Waals surface area contributed by atoms with E-state index in [4.69, 9.17) is 15.2 Å². The summed E-state index contributed by atoms with van der Waals surface area (Å²) in [5, 5.41) is 0. The highest BCUT2D eigenvalue weighted by Gasteiger charge is 2.21. The highest BCUT2D eigenvalue weighted by Crippen LogP contribution is 2.32. The molecular formula is C15H22N2O3. The molecule has 1 aromatic carbocycles. The van der Waals surface area contributed by atoms with Crippen LogP contribution in [0.1, 0.15) is 32.8 Å². The molecule has 0 fully saturated rings. The summed E-state index contributed by atoms with van der Waals surface area (Å²) in [6, 6.07) is 5.76.